The number of hydrogen-bond donors (Lipinski definition) is 1. The van der Waals surface area contributed by atoms with Crippen molar-refractivity contribution in [2.75, 3.05) is 0 Å². The number of nitrogens with one attached hydrogen (secondary N) is 1. The van der Waals surface area contributed by atoms with E-state index >= 15 is 0 Å². The average Bonchev–Trinajstić information content (AvgIpc) is 2.67. The first kappa shape index (κ1) is 10.1. The quantitative estimate of drug-likeness (QED) is 0.782. The molecule has 78 valence electrons. The van der Waals surface area contributed by atoms with Gasteiger partial charge in [0.2, 0.25) is 0 Å². The maximum atomic E-state index is 4.29. The number of benzene rings is 1. The van der Waals surface area contributed by atoms with Gasteiger partial charge in [-0.1, -0.05) is 50.0 Å². The monoisotopic (exact) mass is 217 g/mol. The Morgan fingerprint density at radius 2 is 1.67 bits per heavy atom. The summed E-state index contributed by atoms with van der Waals surface area (Å²) in [6, 6.07) is 10.2. The molecule has 3 nitrogen and oxygen atoms in total. The molecule has 1 N–H and O–H groups in total. The number of H-pyrrole nitrogens is 1. The second-order valence-corrected chi connectivity index (χ2v) is 9.61. The van der Waals surface area contributed by atoms with E-state index in [9.17, 15) is 0 Å². The van der Waals surface area contributed by atoms with Crippen LogP contribution >= 0.6 is 0 Å². The highest BCUT2D eigenvalue weighted by atomic mass is 28.3. The Kier molecular flexibility index (Phi) is 2.44. The van der Waals surface area contributed by atoms with E-state index < -0.39 is 8.07 Å². The normalized spacial score (nSPS) is 11.7. The van der Waals surface area contributed by atoms with Gasteiger partial charge in [-0.15, -0.1) is 0 Å². The largest absolute Gasteiger partial charge is 0.198 e. The van der Waals surface area contributed by atoms with Crippen LogP contribution in [-0.4, -0.2) is 23.5 Å². The molecule has 0 bridgehead atoms. The number of aromatic nitrogens is 3. The van der Waals surface area contributed by atoms with Crippen LogP contribution in [0.2, 0.25) is 19.6 Å². The van der Waals surface area contributed by atoms with E-state index in [1.54, 1.807) is 0 Å². The molecule has 0 aliphatic heterocycles. The highest BCUT2D eigenvalue weighted by molar-refractivity contribution is 6.88. The first-order valence-corrected chi connectivity index (χ1v) is 8.56. The summed E-state index contributed by atoms with van der Waals surface area (Å²) in [6.45, 7) is 6.83. The highest BCUT2D eigenvalue weighted by Gasteiger charge is 2.24. The van der Waals surface area contributed by atoms with Crippen molar-refractivity contribution in [3.63, 3.8) is 0 Å². The van der Waals surface area contributed by atoms with E-state index in [0.717, 1.165) is 16.6 Å². The zero-order valence-corrected chi connectivity index (χ0v) is 10.3. The third-order valence-electron chi connectivity index (χ3n) is 2.31. The molecule has 2 aromatic rings. The molecule has 1 heterocycles. The zero-order valence-electron chi connectivity index (χ0n) is 9.28. The van der Waals surface area contributed by atoms with Gasteiger partial charge in [-0.2, -0.15) is 15.4 Å². The Balaban J connectivity index is 2.51. The van der Waals surface area contributed by atoms with Crippen LogP contribution in [-0.2, 0) is 0 Å². The lowest BCUT2D eigenvalue weighted by molar-refractivity contribution is 0.947. The van der Waals surface area contributed by atoms with Gasteiger partial charge in [0.25, 0.3) is 0 Å². The molecular weight excluding hydrogens is 202 g/mol. The van der Waals surface area contributed by atoms with Crippen LogP contribution in [0, 0.1) is 0 Å². The number of hydrogen-bond acceptors (Lipinski definition) is 2. The Morgan fingerprint density at radius 3 is 2.27 bits per heavy atom. The van der Waals surface area contributed by atoms with Crippen LogP contribution in [0.1, 0.15) is 0 Å². The van der Waals surface area contributed by atoms with E-state index in [2.05, 4.69) is 47.2 Å². The molecule has 0 fully saturated rings. The Hall–Kier alpha value is -1.42. The third-order valence-corrected chi connectivity index (χ3v) is 4.07. The molecule has 0 unspecified atom stereocenters. The molecular formula is C11H15N3Si. The smallest absolute Gasteiger partial charge is 0.111 e. The zero-order chi connectivity index (χ0) is 10.9. The third kappa shape index (κ3) is 1.99. The van der Waals surface area contributed by atoms with Crippen LogP contribution in [0.15, 0.2) is 30.3 Å². The molecule has 0 saturated carbocycles. The van der Waals surface area contributed by atoms with Gasteiger partial charge >= 0.3 is 0 Å². The van der Waals surface area contributed by atoms with Crippen LogP contribution < -0.4 is 5.32 Å². The lowest BCUT2D eigenvalue weighted by Crippen LogP contribution is -2.40. The summed E-state index contributed by atoms with van der Waals surface area (Å²) in [5.74, 6) is 0. The maximum Gasteiger partial charge on any atom is 0.111 e. The molecule has 0 aliphatic rings. The fourth-order valence-corrected chi connectivity index (χ4v) is 2.85. The first-order chi connectivity index (χ1) is 7.09. The van der Waals surface area contributed by atoms with Gasteiger partial charge in [-0.3, -0.25) is 0 Å². The SMILES string of the molecule is C[Si](C)(C)c1n[nH]nc1-c1ccccc1. The summed E-state index contributed by atoms with van der Waals surface area (Å²) < 4.78 is 0. The predicted molar refractivity (Wildman–Crippen MR) is 64.8 cm³/mol. The van der Waals surface area contributed by atoms with Gasteiger partial charge in [0.15, 0.2) is 0 Å². The summed E-state index contributed by atoms with van der Waals surface area (Å²) in [5.41, 5.74) is 2.15. The highest BCUT2D eigenvalue weighted by Crippen LogP contribution is 2.15. The van der Waals surface area contributed by atoms with Crippen molar-refractivity contribution < 1.29 is 0 Å². The molecule has 1 aromatic heterocycles. The molecule has 0 saturated heterocycles. The summed E-state index contributed by atoms with van der Waals surface area (Å²) in [6.07, 6.45) is 0. The van der Waals surface area contributed by atoms with Crippen molar-refractivity contribution in [2.45, 2.75) is 19.6 Å². The minimum Gasteiger partial charge on any atom is -0.198 e. The molecule has 0 atom stereocenters. The summed E-state index contributed by atoms with van der Waals surface area (Å²) in [5, 5.41) is 12.4. The molecule has 0 radical (unpaired) electrons. The predicted octanol–water partition coefficient (Wildman–Crippen LogP) is 2.02. The fraction of sp³-hybridized carbons (Fsp3) is 0.273. The van der Waals surface area contributed by atoms with Gasteiger partial charge in [0.1, 0.15) is 13.8 Å². The van der Waals surface area contributed by atoms with Crippen LogP contribution in [0.4, 0.5) is 0 Å². The van der Waals surface area contributed by atoms with Gasteiger partial charge in [0, 0.05) is 5.56 Å². The van der Waals surface area contributed by atoms with E-state index in [1.807, 2.05) is 18.2 Å². The van der Waals surface area contributed by atoms with Crippen molar-refractivity contribution in [2.24, 2.45) is 0 Å². The molecule has 0 spiro atoms. The standard InChI is InChI=1S/C11H15N3Si/c1-15(2,3)11-10(12-14-13-11)9-7-5-4-6-8-9/h4-8H,1-3H3,(H,12,13,14). The molecule has 4 heteroatoms. The summed E-state index contributed by atoms with van der Waals surface area (Å²) >= 11 is 0. The summed E-state index contributed by atoms with van der Waals surface area (Å²) in [7, 11) is -1.41. The summed E-state index contributed by atoms with van der Waals surface area (Å²) in [4.78, 5) is 0. The Bertz CT molecular complexity index is 442. The minimum absolute atomic E-state index is 1.01. The first-order valence-electron chi connectivity index (χ1n) is 5.06. The lowest BCUT2D eigenvalue weighted by atomic mass is 10.2. The molecule has 0 aliphatic carbocycles. The van der Waals surface area contributed by atoms with Gasteiger partial charge in [-0.25, -0.2) is 0 Å². The van der Waals surface area contributed by atoms with E-state index in [1.165, 1.54) is 0 Å². The van der Waals surface area contributed by atoms with Crippen LogP contribution in [0.25, 0.3) is 11.3 Å². The Morgan fingerprint density at radius 1 is 1.00 bits per heavy atom. The van der Waals surface area contributed by atoms with Crippen molar-refractivity contribution in [1.82, 2.24) is 15.4 Å². The number of aromatic amines is 1. The Labute approximate surface area is 90.5 Å². The van der Waals surface area contributed by atoms with Crippen molar-refractivity contribution in [3.8, 4) is 11.3 Å². The second kappa shape index (κ2) is 3.62. The van der Waals surface area contributed by atoms with Crippen molar-refractivity contribution in [1.29, 1.82) is 0 Å². The van der Waals surface area contributed by atoms with Gasteiger partial charge in [-0.05, 0) is 0 Å². The minimum atomic E-state index is -1.41. The van der Waals surface area contributed by atoms with Crippen LogP contribution in [0.3, 0.4) is 0 Å². The molecule has 15 heavy (non-hydrogen) atoms. The van der Waals surface area contributed by atoms with E-state index in [0.29, 0.717) is 0 Å². The average molecular weight is 217 g/mol. The second-order valence-electron chi connectivity index (χ2n) is 4.64. The van der Waals surface area contributed by atoms with Gasteiger partial charge < -0.3 is 0 Å². The van der Waals surface area contributed by atoms with E-state index in [4.69, 9.17) is 0 Å². The topological polar surface area (TPSA) is 41.6 Å². The number of nitrogens with zero attached hydrogens (tertiary/aromatic N) is 2. The lowest BCUT2D eigenvalue weighted by Gasteiger charge is -2.13. The molecule has 0 amide bonds. The molecule has 2 rings (SSSR count). The van der Waals surface area contributed by atoms with Gasteiger partial charge in [0.05, 0.1) is 5.32 Å². The van der Waals surface area contributed by atoms with E-state index in [-0.39, 0.29) is 0 Å². The molecule has 1 aromatic carbocycles. The maximum absolute atomic E-state index is 4.29. The number of rotatable bonds is 2. The van der Waals surface area contributed by atoms with Crippen molar-refractivity contribution >= 4 is 13.4 Å². The van der Waals surface area contributed by atoms with Crippen LogP contribution in [0.5, 0.6) is 0 Å². The fourth-order valence-electron chi connectivity index (χ4n) is 1.55. The van der Waals surface area contributed by atoms with Crippen molar-refractivity contribution in [3.05, 3.63) is 30.3 Å².